The lowest BCUT2D eigenvalue weighted by Gasteiger charge is -2.29. The minimum atomic E-state index is -0.202. The van der Waals surface area contributed by atoms with Crippen LogP contribution in [-0.2, 0) is 37.3 Å². The third kappa shape index (κ3) is 5.22. The Morgan fingerprint density at radius 2 is 1.88 bits per heavy atom. The van der Waals surface area contributed by atoms with Gasteiger partial charge < -0.3 is 5.32 Å². The number of amides is 1. The van der Waals surface area contributed by atoms with E-state index in [9.17, 15) is 9.59 Å². The van der Waals surface area contributed by atoms with Crippen molar-refractivity contribution in [2.24, 2.45) is 0 Å². The average molecular weight is 445 g/mol. The van der Waals surface area contributed by atoms with E-state index in [0.29, 0.717) is 25.2 Å². The molecule has 6 nitrogen and oxygen atoms in total. The molecular weight excluding hydrogens is 412 g/mol. The molecule has 0 bridgehead atoms. The van der Waals surface area contributed by atoms with Gasteiger partial charge in [0.05, 0.1) is 5.69 Å². The van der Waals surface area contributed by atoms with Crippen LogP contribution in [-0.4, -0.2) is 26.9 Å². The first kappa shape index (κ1) is 22.9. The van der Waals surface area contributed by atoms with Crippen molar-refractivity contribution in [3.63, 3.8) is 0 Å². The molecule has 0 saturated carbocycles. The molecule has 1 N–H and O–H groups in total. The molecule has 0 fully saturated rings. The quantitative estimate of drug-likeness (QED) is 0.598. The van der Waals surface area contributed by atoms with E-state index in [0.717, 1.165) is 47.6 Å². The van der Waals surface area contributed by atoms with Gasteiger partial charge in [0, 0.05) is 37.3 Å². The number of hydrogen-bond acceptors (Lipinski definition) is 4. The summed E-state index contributed by atoms with van der Waals surface area (Å²) >= 11 is 0. The van der Waals surface area contributed by atoms with Gasteiger partial charge in [-0.1, -0.05) is 49.4 Å². The Hall–Kier alpha value is -3.25. The van der Waals surface area contributed by atoms with Gasteiger partial charge in [0.15, 0.2) is 0 Å². The van der Waals surface area contributed by atoms with Crippen LogP contribution in [0.3, 0.4) is 0 Å². The van der Waals surface area contributed by atoms with E-state index in [2.05, 4.69) is 29.3 Å². The summed E-state index contributed by atoms with van der Waals surface area (Å²) in [5.74, 6) is 0.491. The molecule has 1 aromatic heterocycles. The van der Waals surface area contributed by atoms with E-state index >= 15 is 0 Å². The van der Waals surface area contributed by atoms with Crippen molar-refractivity contribution in [3.05, 3.63) is 92.7 Å². The first-order valence-corrected chi connectivity index (χ1v) is 11.7. The molecule has 2 aromatic carbocycles. The normalized spacial score (nSPS) is 13.5. The summed E-state index contributed by atoms with van der Waals surface area (Å²) < 4.78 is 1.58. The van der Waals surface area contributed by atoms with Crippen LogP contribution in [0.2, 0.25) is 0 Å². The predicted molar refractivity (Wildman–Crippen MR) is 131 cm³/mol. The van der Waals surface area contributed by atoms with Crippen molar-refractivity contribution in [1.29, 1.82) is 0 Å². The lowest BCUT2D eigenvalue weighted by Crippen LogP contribution is -2.40. The highest BCUT2D eigenvalue weighted by Gasteiger charge is 2.24. The minimum Gasteiger partial charge on any atom is -0.324 e. The molecule has 0 atom stereocenters. The van der Waals surface area contributed by atoms with Crippen LogP contribution in [0.1, 0.15) is 47.1 Å². The number of nitrogens with zero attached hydrogens (tertiary/aromatic N) is 3. The van der Waals surface area contributed by atoms with E-state index in [-0.39, 0.29) is 18.0 Å². The second-order valence-corrected chi connectivity index (χ2v) is 8.84. The minimum absolute atomic E-state index is 0.0183. The monoisotopic (exact) mass is 444 g/mol. The highest BCUT2D eigenvalue weighted by molar-refractivity contribution is 5.91. The smallest absolute Gasteiger partial charge is 0.257 e. The standard InChI is InChI=1S/C27H32N4O2/c1-4-9-25-28-24-17-30(16-21-11-6-5-7-12-21)15-14-22(24)27(33)31(25)18-26(32)29-23-13-8-10-19(2)20(23)3/h5-8,10-13H,4,9,14-18H2,1-3H3,(H,29,32). The van der Waals surface area contributed by atoms with E-state index in [1.165, 1.54) is 5.56 Å². The lowest BCUT2D eigenvalue weighted by molar-refractivity contribution is -0.116. The molecule has 4 rings (SSSR count). The van der Waals surface area contributed by atoms with Gasteiger partial charge >= 0.3 is 0 Å². The fraction of sp³-hybridized carbons (Fsp3) is 0.370. The summed E-state index contributed by atoms with van der Waals surface area (Å²) in [5, 5.41) is 2.98. The second-order valence-electron chi connectivity index (χ2n) is 8.84. The number of aryl methyl sites for hydroxylation is 2. The molecule has 6 heteroatoms. The van der Waals surface area contributed by atoms with E-state index in [1.807, 2.05) is 50.2 Å². The maximum Gasteiger partial charge on any atom is 0.257 e. The molecular formula is C27H32N4O2. The highest BCUT2D eigenvalue weighted by Crippen LogP contribution is 2.19. The van der Waals surface area contributed by atoms with Gasteiger partial charge in [-0.2, -0.15) is 0 Å². The number of fused-ring (bicyclic) bond motifs is 1. The maximum atomic E-state index is 13.4. The van der Waals surface area contributed by atoms with Gasteiger partial charge in [-0.3, -0.25) is 19.1 Å². The van der Waals surface area contributed by atoms with Gasteiger partial charge in [0.25, 0.3) is 5.56 Å². The summed E-state index contributed by atoms with van der Waals surface area (Å²) in [6, 6.07) is 16.2. The van der Waals surface area contributed by atoms with Gasteiger partial charge in [0.1, 0.15) is 12.4 Å². The zero-order valence-corrected chi connectivity index (χ0v) is 19.7. The molecule has 3 aromatic rings. The fourth-order valence-corrected chi connectivity index (χ4v) is 4.40. The van der Waals surface area contributed by atoms with Crippen molar-refractivity contribution in [3.8, 4) is 0 Å². The first-order valence-electron chi connectivity index (χ1n) is 11.7. The maximum absolute atomic E-state index is 13.4. The van der Waals surface area contributed by atoms with E-state index < -0.39 is 0 Å². The molecule has 1 amide bonds. The Bertz CT molecular complexity index is 1200. The Morgan fingerprint density at radius 3 is 2.64 bits per heavy atom. The molecule has 0 unspecified atom stereocenters. The molecule has 1 aliphatic heterocycles. The van der Waals surface area contributed by atoms with Crippen molar-refractivity contribution in [2.45, 2.75) is 59.7 Å². The highest BCUT2D eigenvalue weighted by atomic mass is 16.2. The molecule has 0 spiro atoms. The van der Waals surface area contributed by atoms with Crippen LogP contribution in [0.15, 0.2) is 53.3 Å². The largest absolute Gasteiger partial charge is 0.324 e. The first-order chi connectivity index (χ1) is 16.0. The van der Waals surface area contributed by atoms with Gasteiger partial charge in [-0.05, 0) is 49.4 Å². The van der Waals surface area contributed by atoms with E-state index in [4.69, 9.17) is 4.98 Å². The number of carbonyl (C=O) groups is 1. The number of aromatic nitrogens is 2. The topological polar surface area (TPSA) is 67.2 Å². The Labute approximate surface area is 195 Å². The molecule has 172 valence electrons. The second kappa shape index (κ2) is 10.1. The van der Waals surface area contributed by atoms with Gasteiger partial charge in [-0.25, -0.2) is 4.98 Å². The van der Waals surface area contributed by atoms with Crippen molar-refractivity contribution in [1.82, 2.24) is 14.5 Å². The number of carbonyl (C=O) groups excluding carboxylic acids is 1. The Morgan fingerprint density at radius 1 is 1.09 bits per heavy atom. The fourth-order valence-electron chi connectivity index (χ4n) is 4.40. The van der Waals surface area contributed by atoms with Crippen molar-refractivity contribution in [2.75, 3.05) is 11.9 Å². The number of nitrogens with one attached hydrogen (secondary N) is 1. The summed E-state index contributed by atoms with van der Waals surface area (Å²) in [6.45, 7) is 8.35. The van der Waals surface area contributed by atoms with Gasteiger partial charge in [-0.15, -0.1) is 0 Å². The Kier molecular flexibility index (Phi) is 7.04. The average Bonchev–Trinajstić information content (AvgIpc) is 2.80. The molecule has 0 aliphatic carbocycles. The summed E-state index contributed by atoms with van der Waals surface area (Å²) in [5.41, 5.74) is 5.73. The molecule has 33 heavy (non-hydrogen) atoms. The zero-order chi connectivity index (χ0) is 23.4. The van der Waals surface area contributed by atoms with E-state index in [1.54, 1.807) is 4.57 Å². The Balaban J connectivity index is 1.56. The lowest BCUT2D eigenvalue weighted by atomic mass is 10.0. The molecule has 1 aliphatic rings. The van der Waals surface area contributed by atoms with Crippen LogP contribution < -0.4 is 10.9 Å². The third-order valence-electron chi connectivity index (χ3n) is 6.38. The molecule has 0 radical (unpaired) electrons. The number of anilines is 1. The third-order valence-corrected chi connectivity index (χ3v) is 6.38. The van der Waals surface area contributed by atoms with Crippen LogP contribution in [0.25, 0.3) is 0 Å². The summed E-state index contributed by atoms with van der Waals surface area (Å²) in [4.78, 5) is 33.5. The number of benzene rings is 2. The molecule has 2 heterocycles. The van der Waals surface area contributed by atoms with Crippen molar-refractivity contribution < 1.29 is 4.79 Å². The van der Waals surface area contributed by atoms with Gasteiger partial charge in [0.2, 0.25) is 5.91 Å². The zero-order valence-electron chi connectivity index (χ0n) is 19.7. The van der Waals surface area contributed by atoms with Crippen LogP contribution >= 0.6 is 0 Å². The van der Waals surface area contributed by atoms with Crippen LogP contribution in [0.4, 0.5) is 5.69 Å². The summed E-state index contributed by atoms with van der Waals surface area (Å²) in [7, 11) is 0. The van der Waals surface area contributed by atoms with Crippen LogP contribution in [0.5, 0.6) is 0 Å². The number of hydrogen-bond donors (Lipinski definition) is 1. The predicted octanol–water partition coefficient (Wildman–Crippen LogP) is 4.01. The van der Waals surface area contributed by atoms with Crippen molar-refractivity contribution >= 4 is 11.6 Å². The van der Waals surface area contributed by atoms with Crippen LogP contribution in [0, 0.1) is 13.8 Å². The number of rotatable bonds is 7. The molecule has 0 saturated heterocycles. The summed E-state index contributed by atoms with van der Waals surface area (Å²) in [6.07, 6.45) is 2.18. The SMILES string of the molecule is CCCc1nc2c(c(=O)n1CC(=O)Nc1cccc(C)c1C)CCN(Cc1ccccc1)C2.